The molecule has 30 heavy (non-hydrogen) atoms. The molecule has 0 bridgehead atoms. The van der Waals surface area contributed by atoms with Gasteiger partial charge in [0.2, 0.25) is 12.3 Å². The van der Waals surface area contributed by atoms with Gasteiger partial charge >= 0.3 is 0 Å². The van der Waals surface area contributed by atoms with Crippen molar-refractivity contribution in [2.45, 2.75) is 39.8 Å². The molecule has 0 aliphatic rings. The average molecular weight is 421 g/mol. The molecule has 0 fully saturated rings. The summed E-state index contributed by atoms with van der Waals surface area (Å²) in [6, 6.07) is 16.4. The van der Waals surface area contributed by atoms with Gasteiger partial charge < -0.3 is 10.6 Å². The van der Waals surface area contributed by atoms with Gasteiger partial charge in [0.1, 0.15) is 6.17 Å². The second-order valence-electron chi connectivity index (χ2n) is 7.54. The van der Waals surface area contributed by atoms with Gasteiger partial charge in [-0.25, -0.2) is 0 Å². The minimum absolute atomic E-state index is 0.0678. The average Bonchev–Trinajstić information content (AvgIpc) is 3.15. The molecule has 2 N–H and O–H groups in total. The molecule has 3 aromatic rings. The Hall–Kier alpha value is -2.92. The van der Waals surface area contributed by atoms with Crippen molar-refractivity contribution in [1.29, 1.82) is 0 Å². The van der Waals surface area contributed by atoms with Gasteiger partial charge in [-0.15, -0.1) is 11.3 Å². The summed E-state index contributed by atoms with van der Waals surface area (Å²) in [7, 11) is 0. The highest BCUT2D eigenvalue weighted by Gasteiger charge is 2.20. The summed E-state index contributed by atoms with van der Waals surface area (Å²) < 4.78 is 1.20. The third kappa shape index (κ3) is 5.16. The molecule has 4 nitrogen and oxygen atoms in total. The molecule has 3 rings (SSSR count). The summed E-state index contributed by atoms with van der Waals surface area (Å²) in [4.78, 5) is 24.0. The van der Waals surface area contributed by atoms with E-state index in [1.165, 1.54) is 21.2 Å². The van der Waals surface area contributed by atoms with Crippen molar-refractivity contribution in [3.63, 3.8) is 0 Å². The predicted octanol–water partition coefficient (Wildman–Crippen LogP) is 5.07. The number of nitrogens with one attached hydrogen (secondary N) is 2. The van der Waals surface area contributed by atoms with Crippen LogP contribution in [0.25, 0.3) is 15.7 Å². The predicted molar refractivity (Wildman–Crippen MR) is 125 cm³/mol. The number of carbonyl (C=O) groups excluding carboxylic acids is 2. The van der Waals surface area contributed by atoms with E-state index in [1.807, 2.05) is 38.1 Å². The van der Waals surface area contributed by atoms with E-state index in [2.05, 4.69) is 53.3 Å². The van der Waals surface area contributed by atoms with Crippen molar-refractivity contribution in [3.05, 3.63) is 76.7 Å². The lowest BCUT2D eigenvalue weighted by molar-refractivity contribution is -0.125. The zero-order valence-corrected chi connectivity index (χ0v) is 18.5. The summed E-state index contributed by atoms with van der Waals surface area (Å²) >= 11 is 1.67. The quantitative estimate of drug-likeness (QED) is 0.375. The number of aryl methyl sites for hydroxylation is 1. The third-order valence-electron chi connectivity index (χ3n) is 5.38. The lowest BCUT2D eigenvalue weighted by Crippen LogP contribution is -2.48. The topological polar surface area (TPSA) is 58.2 Å². The van der Waals surface area contributed by atoms with E-state index < -0.39 is 6.17 Å². The van der Waals surface area contributed by atoms with Crippen LogP contribution < -0.4 is 10.6 Å². The van der Waals surface area contributed by atoms with Crippen LogP contribution in [0.5, 0.6) is 0 Å². The van der Waals surface area contributed by atoms with Crippen LogP contribution >= 0.6 is 11.3 Å². The maximum Gasteiger partial charge on any atom is 0.224 e. The van der Waals surface area contributed by atoms with Crippen LogP contribution in [0, 0.1) is 12.8 Å². The molecule has 5 heteroatoms. The Kier molecular flexibility index (Phi) is 7.41. The first kappa shape index (κ1) is 21.8. The summed E-state index contributed by atoms with van der Waals surface area (Å²) in [6.07, 6.45) is 3.47. The number of benzene rings is 2. The summed E-state index contributed by atoms with van der Waals surface area (Å²) in [5, 5.41) is 9.03. The fraction of sp³-hybridized carbons (Fsp3) is 0.280. The maximum atomic E-state index is 12.9. The van der Waals surface area contributed by atoms with Gasteiger partial charge in [0.05, 0.1) is 0 Å². The number of hydrogen-bond acceptors (Lipinski definition) is 3. The fourth-order valence-corrected chi connectivity index (χ4v) is 4.67. The molecule has 0 saturated heterocycles. The van der Waals surface area contributed by atoms with Gasteiger partial charge in [0.15, 0.2) is 0 Å². The Bertz CT molecular complexity index is 1050. The first-order chi connectivity index (χ1) is 14.5. The van der Waals surface area contributed by atoms with Crippen LogP contribution in [-0.4, -0.2) is 18.5 Å². The van der Waals surface area contributed by atoms with Gasteiger partial charge in [0.25, 0.3) is 0 Å². The van der Waals surface area contributed by atoms with Crippen LogP contribution in [0.3, 0.4) is 0 Å². The van der Waals surface area contributed by atoms with E-state index in [1.54, 1.807) is 11.3 Å². The first-order valence-corrected chi connectivity index (χ1v) is 11.1. The Labute approximate surface area is 182 Å². The van der Waals surface area contributed by atoms with Gasteiger partial charge in [-0.3, -0.25) is 9.59 Å². The molecular formula is C25H28N2O2S. The van der Waals surface area contributed by atoms with Crippen molar-refractivity contribution in [1.82, 2.24) is 10.6 Å². The van der Waals surface area contributed by atoms with Gasteiger partial charge in [0, 0.05) is 17.0 Å². The van der Waals surface area contributed by atoms with Crippen molar-refractivity contribution >= 4 is 39.3 Å². The van der Waals surface area contributed by atoms with E-state index in [9.17, 15) is 9.59 Å². The van der Waals surface area contributed by atoms with Crippen molar-refractivity contribution in [2.75, 3.05) is 0 Å². The second-order valence-corrected chi connectivity index (χ2v) is 8.45. The number of hydrogen-bond donors (Lipinski definition) is 2. The molecular weight excluding hydrogens is 392 g/mol. The third-order valence-corrected chi connectivity index (χ3v) is 6.40. The van der Waals surface area contributed by atoms with Crippen LogP contribution in [0.4, 0.5) is 0 Å². The minimum Gasteiger partial charge on any atom is -0.338 e. The summed E-state index contributed by atoms with van der Waals surface area (Å²) in [5.74, 6) is -0.284. The van der Waals surface area contributed by atoms with E-state index in [0.717, 1.165) is 11.1 Å². The van der Waals surface area contributed by atoms with E-state index >= 15 is 0 Å². The fourth-order valence-electron chi connectivity index (χ4n) is 3.70. The molecule has 2 atom stereocenters. The van der Waals surface area contributed by atoms with Crippen LogP contribution in [0.1, 0.15) is 37.0 Å². The number of allylic oxidation sites excluding steroid dienone is 2. The lowest BCUT2D eigenvalue weighted by atomic mass is 9.92. The Morgan fingerprint density at radius 1 is 1.13 bits per heavy atom. The van der Waals surface area contributed by atoms with Gasteiger partial charge in [-0.05, 0) is 59.4 Å². The molecule has 0 spiro atoms. The molecule has 0 saturated carbocycles. The molecule has 0 aliphatic heterocycles. The largest absolute Gasteiger partial charge is 0.338 e. The van der Waals surface area contributed by atoms with Crippen LogP contribution in [0.15, 0.2) is 60.0 Å². The molecule has 2 aromatic carbocycles. The number of amides is 2. The van der Waals surface area contributed by atoms with Crippen molar-refractivity contribution < 1.29 is 9.59 Å². The molecule has 0 aliphatic carbocycles. The Morgan fingerprint density at radius 2 is 1.87 bits per heavy atom. The number of carbonyl (C=O) groups is 2. The summed E-state index contributed by atoms with van der Waals surface area (Å²) in [5.41, 5.74) is 4.64. The van der Waals surface area contributed by atoms with Crippen molar-refractivity contribution in [2.24, 2.45) is 5.92 Å². The van der Waals surface area contributed by atoms with Crippen molar-refractivity contribution in [3.8, 4) is 0 Å². The van der Waals surface area contributed by atoms with Crippen LogP contribution in [0.2, 0.25) is 0 Å². The molecule has 0 unspecified atom stereocenters. The highest BCUT2D eigenvalue weighted by Crippen LogP contribution is 2.27. The van der Waals surface area contributed by atoms with E-state index in [0.29, 0.717) is 19.3 Å². The van der Waals surface area contributed by atoms with E-state index in [4.69, 9.17) is 0 Å². The number of thiophene rings is 1. The molecule has 2 amide bonds. The Morgan fingerprint density at radius 3 is 2.60 bits per heavy atom. The van der Waals surface area contributed by atoms with E-state index in [-0.39, 0.29) is 11.8 Å². The molecule has 0 radical (unpaired) electrons. The number of fused-ring (bicyclic) bond motifs is 1. The lowest BCUT2D eigenvalue weighted by Gasteiger charge is -2.21. The monoisotopic (exact) mass is 420 g/mol. The maximum absolute atomic E-state index is 12.9. The highest BCUT2D eigenvalue weighted by atomic mass is 32.1. The Balaban J connectivity index is 1.68. The zero-order valence-electron chi connectivity index (χ0n) is 17.6. The number of rotatable bonds is 9. The highest BCUT2D eigenvalue weighted by molar-refractivity contribution is 7.17. The molecule has 1 heterocycles. The first-order valence-electron chi connectivity index (χ1n) is 10.2. The smallest absolute Gasteiger partial charge is 0.224 e. The van der Waals surface area contributed by atoms with Gasteiger partial charge in [-0.2, -0.15) is 0 Å². The van der Waals surface area contributed by atoms with Crippen LogP contribution in [-0.2, 0) is 16.0 Å². The second kappa shape index (κ2) is 10.2. The van der Waals surface area contributed by atoms with Gasteiger partial charge in [-0.1, -0.05) is 55.5 Å². The normalized spacial score (nSPS) is 13.6. The molecule has 156 valence electrons. The SMILES string of the molecule is C/C=C(/C[C@@H](C)C(=O)N[C@H](Cc1csc2ccccc12)NC=O)c1ccccc1C. The minimum atomic E-state index is -0.442. The summed E-state index contributed by atoms with van der Waals surface area (Å²) in [6.45, 7) is 6.01. The molecule has 1 aromatic heterocycles. The zero-order chi connectivity index (χ0) is 21.5. The standard InChI is InChI=1S/C25H28N2O2S/c1-4-19(21-10-6-5-9-17(21)2)13-18(3)25(29)27-24(26-16-28)14-20-15-30-23-12-8-7-11-22(20)23/h4-12,15-16,18,24H,13-14H2,1-3H3,(H,26,28)(H,27,29)/b19-4-/t18-,24-/m1/s1.